The minimum Gasteiger partial charge on any atom is -0.366 e. The van der Waals surface area contributed by atoms with Crippen molar-refractivity contribution in [2.24, 2.45) is 5.73 Å². The molecule has 0 aliphatic rings. The van der Waals surface area contributed by atoms with Crippen LogP contribution in [0.2, 0.25) is 0 Å². The van der Waals surface area contributed by atoms with Gasteiger partial charge in [-0.1, -0.05) is 30.3 Å². The van der Waals surface area contributed by atoms with Crippen LogP contribution in [0.4, 0.5) is 0 Å². The summed E-state index contributed by atoms with van der Waals surface area (Å²) in [5.41, 5.74) is 6.06. The fourth-order valence-electron chi connectivity index (χ4n) is 2.28. The molecule has 0 radical (unpaired) electrons. The van der Waals surface area contributed by atoms with Gasteiger partial charge < -0.3 is 5.73 Å². The van der Waals surface area contributed by atoms with E-state index < -0.39 is 32.7 Å². The normalized spacial score (nSPS) is 12.5. The molecular formula is C17H16ClNO4S. The van der Waals surface area contributed by atoms with E-state index in [4.69, 9.17) is 17.3 Å². The Labute approximate surface area is 145 Å². The summed E-state index contributed by atoms with van der Waals surface area (Å²) < 4.78 is 25.6. The molecule has 5 nitrogen and oxygen atoms in total. The number of Topliss-reactive ketones (excluding diaryl/α,β-unsaturated/α-hetero) is 1. The Bertz CT molecular complexity index is 833. The standard InChI is InChI=1S/C17H16ClNO4S/c18-11-15(20)16(10-12-4-2-1-3-5-12)24(22,23)14-8-6-13(7-9-14)17(19)21/h1-9,16H,10-11H2,(H2,19,21)/t16-/m0/s1. The number of hydrogen-bond acceptors (Lipinski definition) is 4. The number of benzene rings is 2. The lowest BCUT2D eigenvalue weighted by Crippen LogP contribution is -2.33. The van der Waals surface area contributed by atoms with Gasteiger partial charge in [-0.15, -0.1) is 11.6 Å². The zero-order valence-electron chi connectivity index (χ0n) is 12.7. The minimum atomic E-state index is -3.94. The highest BCUT2D eigenvalue weighted by Gasteiger charge is 2.33. The molecule has 0 fully saturated rings. The number of ketones is 1. The maximum atomic E-state index is 12.8. The zero-order valence-corrected chi connectivity index (χ0v) is 14.3. The van der Waals surface area contributed by atoms with Crippen molar-refractivity contribution in [1.82, 2.24) is 0 Å². The van der Waals surface area contributed by atoms with Crippen molar-refractivity contribution in [3.63, 3.8) is 0 Å². The van der Waals surface area contributed by atoms with E-state index in [1.165, 1.54) is 24.3 Å². The summed E-state index contributed by atoms with van der Waals surface area (Å²) in [6.45, 7) is 0. The Morgan fingerprint density at radius 3 is 2.08 bits per heavy atom. The van der Waals surface area contributed by atoms with E-state index in [0.29, 0.717) is 0 Å². The molecule has 126 valence electrons. The van der Waals surface area contributed by atoms with Gasteiger partial charge in [0.15, 0.2) is 15.6 Å². The summed E-state index contributed by atoms with van der Waals surface area (Å²) in [4.78, 5) is 23.2. The summed E-state index contributed by atoms with van der Waals surface area (Å²) in [6, 6.07) is 14.0. The second-order valence-corrected chi connectivity index (χ2v) is 7.61. The molecule has 0 aliphatic heterocycles. The largest absolute Gasteiger partial charge is 0.366 e. The Hall–Kier alpha value is -2.18. The first-order valence-electron chi connectivity index (χ1n) is 7.12. The SMILES string of the molecule is NC(=O)c1ccc(S(=O)(=O)[C@@H](Cc2ccccc2)C(=O)CCl)cc1. The van der Waals surface area contributed by atoms with Gasteiger partial charge in [-0.2, -0.15) is 0 Å². The fraction of sp³-hybridized carbons (Fsp3) is 0.176. The Kier molecular flexibility index (Phi) is 5.75. The predicted molar refractivity (Wildman–Crippen MR) is 91.8 cm³/mol. The Balaban J connectivity index is 2.40. The number of amides is 1. The van der Waals surface area contributed by atoms with E-state index in [2.05, 4.69) is 0 Å². The molecule has 2 aromatic rings. The van der Waals surface area contributed by atoms with Crippen LogP contribution in [0.3, 0.4) is 0 Å². The van der Waals surface area contributed by atoms with E-state index >= 15 is 0 Å². The summed E-state index contributed by atoms with van der Waals surface area (Å²) in [7, 11) is -3.94. The van der Waals surface area contributed by atoms with Gasteiger partial charge in [0.25, 0.3) is 0 Å². The third-order valence-corrected chi connectivity index (χ3v) is 5.97. The van der Waals surface area contributed by atoms with Crippen LogP contribution in [0.1, 0.15) is 15.9 Å². The summed E-state index contributed by atoms with van der Waals surface area (Å²) in [5.74, 6) is -1.62. The number of halogens is 1. The van der Waals surface area contributed by atoms with Crippen molar-refractivity contribution in [1.29, 1.82) is 0 Å². The predicted octanol–water partition coefficient (Wildman–Crippen LogP) is 1.98. The molecule has 0 aromatic heterocycles. The first-order valence-corrected chi connectivity index (χ1v) is 9.20. The maximum Gasteiger partial charge on any atom is 0.248 e. The highest BCUT2D eigenvalue weighted by Crippen LogP contribution is 2.21. The lowest BCUT2D eigenvalue weighted by Gasteiger charge is -2.16. The van der Waals surface area contributed by atoms with Crippen molar-refractivity contribution >= 4 is 33.1 Å². The molecule has 24 heavy (non-hydrogen) atoms. The van der Waals surface area contributed by atoms with Crippen LogP contribution in [0, 0.1) is 0 Å². The lowest BCUT2D eigenvalue weighted by molar-refractivity contribution is -0.116. The van der Waals surface area contributed by atoms with E-state index in [9.17, 15) is 18.0 Å². The number of carbonyl (C=O) groups is 2. The van der Waals surface area contributed by atoms with Crippen molar-refractivity contribution < 1.29 is 18.0 Å². The van der Waals surface area contributed by atoms with Gasteiger partial charge >= 0.3 is 0 Å². The van der Waals surface area contributed by atoms with Gasteiger partial charge in [-0.05, 0) is 36.2 Å². The summed E-state index contributed by atoms with van der Waals surface area (Å²) >= 11 is 5.60. The summed E-state index contributed by atoms with van der Waals surface area (Å²) in [5, 5.41) is -1.28. The molecule has 0 saturated carbocycles. The van der Waals surface area contributed by atoms with Crippen molar-refractivity contribution in [2.45, 2.75) is 16.6 Å². The number of carbonyl (C=O) groups excluding carboxylic acids is 2. The second-order valence-electron chi connectivity index (χ2n) is 5.21. The highest BCUT2D eigenvalue weighted by atomic mass is 35.5. The van der Waals surface area contributed by atoms with Crippen LogP contribution in [-0.4, -0.2) is 31.2 Å². The van der Waals surface area contributed by atoms with Gasteiger partial charge in [0.1, 0.15) is 5.25 Å². The number of sulfone groups is 1. The molecular weight excluding hydrogens is 350 g/mol. The quantitative estimate of drug-likeness (QED) is 0.759. The van der Waals surface area contributed by atoms with E-state index in [-0.39, 0.29) is 16.9 Å². The average Bonchev–Trinajstić information content (AvgIpc) is 2.59. The highest BCUT2D eigenvalue weighted by molar-refractivity contribution is 7.92. The third-order valence-electron chi connectivity index (χ3n) is 3.60. The molecule has 7 heteroatoms. The second kappa shape index (κ2) is 7.59. The van der Waals surface area contributed by atoms with Crippen molar-refractivity contribution in [2.75, 3.05) is 5.88 Å². The molecule has 2 N–H and O–H groups in total. The van der Waals surface area contributed by atoms with Crippen molar-refractivity contribution in [3.05, 3.63) is 65.7 Å². The van der Waals surface area contributed by atoms with Gasteiger partial charge in [-0.3, -0.25) is 9.59 Å². The smallest absolute Gasteiger partial charge is 0.248 e. The fourth-order valence-corrected chi connectivity index (χ4v) is 4.25. The topological polar surface area (TPSA) is 94.3 Å². The van der Waals surface area contributed by atoms with Crippen LogP contribution in [0.15, 0.2) is 59.5 Å². The molecule has 0 spiro atoms. The third kappa shape index (κ3) is 4.01. The molecule has 2 rings (SSSR count). The molecule has 0 heterocycles. The lowest BCUT2D eigenvalue weighted by atomic mass is 10.1. The molecule has 0 unspecified atom stereocenters. The molecule has 0 saturated heterocycles. The van der Waals surface area contributed by atoms with E-state index in [1.807, 2.05) is 0 Å². The minimum absolute atomic E-state index is 0.0340. The Morgan fingerprint density at radius 1 is 1.00 bits per heavy atom. The van der Waals surface area contributed by atoms with Gasteiger partial charge in [0, 0.05) is 5.56 Å². The zero-order chi connectivity index (χ0) is 17.7. The molecule has 1 atom stereocenters. The number of hydrogen-bond donors (Lipinski definition) is 1. The van der Waals surface area contributed by atoms with Crippen LogP contribution in [0.25, 0.3) is 0 Å². The van der Waals surface area contributed by atoms with Crippen LogP contribution in [-0.2, 0) is 21.1 Å². The van der Waals surface area contributed by atoms with Crippen LogP contribution >= 0.6 is 11.6 Å². The molecule has 1 amide bonds. The molecule has 0 aliphatic carbocycles. The number of rotatable bonds is 7. The molecule has 2 aromatic carbocycles. The van der Waals surface area contributed by atoms with Gasteiger partial charge in [-0.25, -0.2) is 8.42 Å². The number of primary amides is 1. The van der Waals surface area contributed by atoms with Crippen molar-refractivity contribution in [3.8, 4) is 0 Å². The molecule has 0 bridgehead atoms. The number of nitrogens with two attached hydrogens (primary N) is 1. The summed E-state index contributed by atoms with van der Waals surface area (Å²) in [6.07, 6.45) is 0.0340. The van der Waals surface area contributed by atoms with Crippen LogP contribution < -0.4 is 5.73 Å². The maximum absolute atomic E-state index is 12.8. The first-order chi connectivity index (χ1) is 11.4. The van der Waals surface area contributed by atoms with Crippen LogP contribution in [0.5, 0.6) is 0 Å². The van der Waals surface area contributed by atoms with Gasteiger partial charge in [0.05, 0.1) is 10.8 Å². The first kappa shape index (κ1) is 18.2. The number of alkyl halides is 1. The van der Waals surface area contributed by atoms with Gasteiger partial charge in [0.2, 0.25) is 5.91 Å². The van der Waals surface area contributed by atoms with E-state index in [0.717, 1.165) is 5.56 Å². The monoisotopic (exact) mass is 365 g/mol. The average molecular weight is 366 g/mol. The Morgan fingerprint density at radius 2 is 1.58 bits per heavy atom. The van der Waals surface area contributed by atoms with E-state index in [1.54, 1.807) is 30.3 Å².